The van der Waals surface area contributed by atoms with Crippen LogP contribution < -0.4 is 14.8 Å². The van der Waals surface area contributed by atoms with Crippen LogP contribution in [0.2, 0.25) is 0 Å². The van der Waals surface area contributed by atoms with Crippen molar-refractivity contribution in [2.75, 3.05) is 14.2 Å². The average Bonchev–Trinajstić information content (AvgIpc) is 2.85. The summed E-state index contributed by atoms with van der Waals surface area (Å²) in [5.74, 6) is -2.19. The van der Waals surface area contributed by atoms with Crippen molar-refractivity contribution in [3.63, 3.8) is 0 Å². The van der Waals surface area contributed by atoms with Gasteiger partial charge in [-0.1, -0.05) is 31.4 Å². The number of aliphatic carboxylic acids is 2. The highest BCUT2D eigenvalue weighted by Crippen LogP contribution is 2.28. The Bertz CT molecular complexity index is 939. The van der Waals surface area contributed by atoms with Gasteiger partial charge in [-0.2, -0.15) is 0 Å². The summed E-state index contributed by atoms with van der Waals surface area (Å²) in [4.78, 5) is 24.6. The maximum atomic E-state index is 9.10. The molecule has 0 amide bonds. The lowest BCUT2D eigenvalue weighted by atomic mass is 9.96. The van der Waals surface area contributed by atoms with Crippen LogP contribution in [0.1, 0.15) is 43.2 Å². The zero-order chi connectivity index (χ0) is 24.9. The van der Waals surface area contributed by atoms with Gasteiger partial charge in [0.05, 0.1) is 14.2 Å². The monoisotopic (exact) mass is 489 g/mol. The molecular weight excluding hydrogens is 458 g/mol. The van der Waals surface area contributed by atoms with Gasteiger partial charge < -0.3 is 29.9 Å². The smallest absolute Gasteiger partial charge is 0.414 e. The second-order valence-corrected chi connectivity index (χ2v) is 8.19. The van der Waals surface area contributed by atoms with Crippen molar-refractivity contribution in [2.45, 2.75) is 51.2 Å². The third kappa shape index (κ3) is 8.86. The lowest BCUT2D eigenvalue weighted by Crippen LogP contribution is -2.44. The molecule has 0 spiro atoms. The number of rotatable bonds is 7. The fraction of sp³-hybridized carbons (Fsp3) is 0.417. The number of aromatic nitrogens is 1. The minimum atomic E-state index is -1.82. The van der Waals surface area contributed by atoms with E-state index in [0.29, 0.717) is 19.1 Å². The van der Waals surface area contributed by atoms with Gasteiger partial charge in [-0.3, -0.25) is 4.98 Å². The van der Waals surface area contributed by atoms with Gasteiger partial charge in [0, 0.05) is 31.5 Å². The Morgan fingerprint density at radius 3 is 2.24 bits per heavy atom. The van der Waals surface area contributed by atoms with Crippen LogP contribution >= 0.6 is 12.2 Å². The molecule has 1 aliphatic rings. The Balaban J connectivity index is 0.000000604. The van der Waals surface area contributed by atoms with E-state index < -0.39 is 11.9 Å². The maximum absolute atomic E-state index is 9.10. The topological polar surface area (TPSA) is 121 Å². The van der Waals surface area contributed by atoms with Crippen LogP contribution in [-0.2, 0) is 22.7 Å². The van der Waals surface area contributed by atoms with E-state index in [2.05, 4.69) is 27.3 Å². The molecule has 184 valence electrons. The lowest BCUT2D eigenvalue weighted by Gasteiger charge is -2.31. The van der Waals surface area contributed by atoms with Crippen LogP contribution in [0.25, 0.3) is 0 Å². The van der Waals surface area contributed by atoms with Crippen LogP contribution in [0.5, 0.6) is 11.5 Å². The first-order chi connectivity index (χ1) is 16.3. The highest BCUT2D eigenvalue weighted by atomic mass is 32.1. The van der Waals surface area contributed by atoms with E-state index in [4.69, 9.17) is 41.5 Å². The molecule has 9 nitrogen and oxygen atoms in total. The fourth-order valence-electron chi connectivity index (χ4n) is 3.62. The normalized spacial score (nSPS) is 13.1. The van der Waals surface area contributed by atoms with Gasteiger partial charge in [0.1, 0.15) is 0 Å². The number of nitrogens with zero attached hydrogens (tertiary/aromatic N) is 2. The van der Waals surface area contributed by atoms with E-state index in [1.54, 1.807) is 20.4 Å². The summed E-state index contributed by atoms with van der Waals surface area (Å²) in [7, 11) is 3.31. The molecular formula is C24H31N3O6S. The van der Waals surface area contributed by atoms with E-state index in [0.717, 1.165) is 27.7 Å². The molecule has 34 heavy (non-hydrogen) atoms. The van der Waals surface area contributed by atoms with Crippen LogP contribution in [0.15, 0.2) is 42.7 Å². The van der Waals surface area contributed by atoms with E-state index in [1.165, 1.54) is 32.1 Å². The Hall–Kier alpha value is -3.40. The van der Waals surface area contributed by atoms with E-state index in [9.17, 15) is 0 Å². The zero-order valence-corrected chi connectivity index (χ0v) is 20.2. The van der Waals surface area contributed by atoms with Crippen molar-refractivity contribution < 1.29 is 29.3 Å². The molecule has 0 saturated heterocycles. The summed E-state index contributed by atoms with van der Waals surface area (Å²) in [6.07, 6.45) is 9.95. The first kappa shape index (κ1) is 26.8. The van der Waals surface area contributed by atoms with Crippen molar-refractivity contribution in [2.24, 2.45) is 0 Å². The molecule has 2 aromatic rings. The van der Waals surface area contributed by atoms with Crippen molar-refractivity contribution in [3.05, 3.63) is 53.9 Å². The number of hydrogen-bond donors (Lipinski definition) is 3. The molecule has 1 saturated carbocycles. The molecule has 1 aromatic carbocycles. The average molecular weight is 490 g/mol. The molecule has 0 radical (unpaired) electrons. The maximum Gasteiger partial charge on any atom is 0.414 e. The molecule has 0 aliphatic heterocycles. The molecule has 3 rings (SSSR count). The minimum absolute atomic E-state index is 0.475. The summed E-state index contributed by atoms with van der Waals surface area (Å²) < 4.78 is 10.8. The Morgan fingerprint density at radius 1 is 1.03 bits per heavy atom. The molecule has 1 fully saturated rings. The van der Waals surface area contributed by atoms with E-state index >= 15 is 0 Å². The number of pyridine rings is 1. The van der Waals surface area contributed by atoms with Gasteiger partial charge in [-0.25, -0.2) is 9.59 Å². The Labute approximate surface area is 204 Å². The summed E-state index contributed by atoms with van der Waals surface area (Å²) >= 11 is 5.80. The molecule has 0 unspecified atom stereocenters. The van der Waals surface area contributed by atoms with Crippen LogP contribution in [0, 0.1) is 0 Å². The van der Waals surface area contributed by atoms with E-state index in [-0.39, 0.29) is 0 Å². The minimum Gasteiger partial charge on any atom is -0.493 e. The molecule has 1 heterocycles. The Kier molecular flexibility index (Phi) is 11.0. The predicted molar refractivity (Wildman–Crippen MR) is 131 cm³/mol. The number of carboxylic acids is 2. The van der Waals surface area contributed by atoms with Gasteiger partial charge in [-0.05, 0) is 54.4 Å². The molecule has 0 atom stereocenters. The van der Waals surface area contributed by atoms with Gasteiger partial charge in [0.15, 0.2) is 16.6 Å². The zero-order valence-electron chi connectivity index (χ0n) is 19.4. The summed E-state index contributed by atoms with van der Waals surface area (Å²) in [6, 6.07) is 10.5. The van der Waals surface area contributed by atoms with Crippen molar-refractivity contribution >= 4 is 29.3 Å². The number of carbonyl (C=O) groups is 2. The number of ether oxygens (including phenoxy) is 2. The first-order valence-corrected chi connectivity index (χ1v) is 11.4. The largest absolute Gasteiger partial charge is 0.493 e. The van der Waals surface area contributed by atoms with Crippen LogP contribution in [0.4, 0.5) is 0 Å². The molecule has 0 bridgehead atoms. The van der Waals surface area contributed by atoms with Crippen molar-refractivity contribution in [1.29, 1.82) is 0 Å². The Morgan fingerprint density at radius 2 is 1.68 bits per heavy atom. The predicted octanol–water partition coefficient (Wildman–Crippen LogP) is 3.46. The number of hydrogen-bond acceptors (Lipinski definition) is 6. The SMILES string of the molecule is COc1ccc(CN(Cc2cccnc2)C(=S)NC2CCCCC2)cc1OC.O=C(O)C(=O)O. The first-order valence-electron chi connectivity index (χ1n) is 11.0. The molecule has 1 aliphatic carbocycles. The number of nitrogens with one attached hydrogen (secondary N) is 1. The highest BCUT2D eigenvalue weighted by Gasteiger charge is 2.18. The summed E-state index contributed by atoms with van der Waals surface area (Å²) in [6.45, 7) is 1.40. The van der Waals surface area contributed by atoms with Crippen LogP contribution in [-0.4, -0.2) is 57.4 Å². The standard InChI is InChI=1S/C22H29N3O2S.C2H2O4/c1-26-20-11-10-17(13-21(20)27-2)15-25(16-18-7-6-12-23-14-18)22(28)24-19-8-4-3-5-9-19;3-1(4)2(5)6/h6-7,10-14,19H,3-5,8-9,15-16H2,1-2H3,(H,24,28);(H,3,4)(H,5,6). The van der Waals surface area contributed by atoms with Gasteiger partial charge in [0.2, 0.25) is 0 Å². The number of carboxylic acid groups (broad SMARTS) is 2. The molecule has 3 N–H and O–H groups in total. The second-order valence-electron chi connectivity index (χ2n) is 7.80. The van der Waals surface area contributed by atoms with Crippen molar-refractivity contribution in [1.82, 2.24) is 15.2 Å². The highest BCUT2D eigenvalue weighted by molar-refractivity contribution is 7.80. The summed E-state index contributed by atoms with van der Waals surface area (Å²) in [5, 5.41) is 19.2. The van der Waals surface area contributed by atoms with E-state index in [1.807, 2.05) is 24.4 Å². The second kappa shape index (κ2) is 14.0. The summed E-state index contributed by atoms with van der Waals surface area (Å²) in [5.41, 5.74) is 2.25. The number of thiocarbonyl (C=S) groups is 1. The third-order valence-corrected chi connectivity index (χ3v) is 5.70. The van der Waals surface area contributed by atoms with Gasteiger partial charge >= 0.3 is 11.9 Å². The number of benzene rings is 1. The fourth-order valence-corrected chi connectivity index (χ4v) is 3.92. The van der Waals surface area contributed by atoms with Gasteiger partial charge in [-0.15, -0.1) is 0 Å². The lowest BCUT2D eigenvalue weighted by molar-refractivity contribution is -0.159. The van der Waals surface area contributed by atoms with Crippen molar-refractivity contribution in [3.8, 4) is 11.5 Å². The van der Waals surface area contributed by atoms with Gasteiger partial charge in [0.25, 0.3) is 0 Å². The molecule has 1 aromatic heterocycles. The number of methoxy groups -OCH3 is 2. The third-order valence-electron chi connectivity index (χ3n) is 5.32. The molecule has 10 heteroatoms. The van der Waals surface area contributed by atoms with Crippen LogP contribution in [0.3, 0.4) is 0 Å². The quantitative estimate of drug-likeness (QED) is 0.394.